The van der Waals surface area contributed by atoms with Gasteiger partial charge in [-0.15, -0.1) is 0 Å². The summed E-state index contributed by atoms with van der Waals surface area (Å²) in [5.41, 5.74) is 1.15. The van der Waals surface area contributed by atoms with Crippen molar-refractivity contribution < 1.29 is 28.9 Å². The molecular weight excluding hydrogens is 486 g/mol. The number of carbonyl (C=O) groups excluding carboxylic acids is 1. The number of aryl methyl sites for hydroxylation is 1. The molecule has 3 heterocycles. The van der Waals surface area contributed by atoms with Crippen LogP contribution in [0.25, 0.3) is 0 Å². The number of hydrogen-bond donors (Lipinski definition) is 3. The van der Waals surface area contributed by atoms with Crippen molar-refractivity contribution in [3.63, 3.8) is 0 Å². The minimum atomic E-state index is -2.16. The lowest BCUT2D eigenvalue weighted by atomic mass is 10.1. The van der Waals surface area contributed by atoms with Crippen LogP contribution in [0.15, 0.2) is 35.6 Å². The van der Waals surface area contributed by atoms with Gasteiger partial charge in [0.1, 0.15) is 31.5 Å². The van der Waals surface area contributed by atoms with E-state index in [4.69, 9.17) is 9.47 Å². The Morgan fingerprint density at radius 1 is 1.54 bits per heavy atom. The number of aromatic nitrogens is 1. The van der Waals surface area contributed by atoms with Crippen LogP contribution >= 0.6 is 22.6 Å². The number of aliphatic imine (C=N–C) groups is 1. The Labute approximate surface area is 174 Å². The highest BCUT2D eigenvalue weighted by molar-refractivity contribution is 14.1. The third kappa shape index (κ3) is 4.49. The maximum Gasteiger partial charge on any atom is 0.258 e. The summed E-state index contributed by atoms with van der Waals surface area (Å²) in [6.45, 7) is 1.18. The standard InChI is InChI=1S/C17H20FIN4O5/c1-10-2-3-11(6-20-10)15(26)22-13-4-5-23(9-27-8-21-13)16-17(18,19)14(25)12(7-24)28-16/h2-6,12,14,16,24-25H,7-9H2,1H3,(H,21,22,26)/t12-,14+,16?,17?/m1/s1. The van der Waals surface area contributed by atoms with Gasteiger partial charge in [-0.3, -0.25) is 9.78 Å². The number of pyridine rings is 1. The second-order valence-electron chi connectivity index (χ2n) is 6.31. The van der Waals surface area contributed by atoms with Crippen LogP contribution in [0, 0.1) is 6.92 Å². The highest BCUT2D eigenvalue weighted by atomic mass is 127. The summed E-state index contributed by atoms with van der Waals surface area (Å²) in [6.07, 6.45) is 0.660. The van der Waals surface area contributed by atoms with Crippen LogP contribution < -0.4 is 5.32 Å². The number of ether oxygens (including phenoxy) is 2. The molecule has 0 spiro atoms. The van der Waals surface area contributed by atoms with Crippen LogP contribution in [0.5, 0.6) is 0 Å². The molecule has 2 unspecified atom stereocenters. The zero-order valence-electron chi connectivity index (χ0n) is 15.0. The van der Waals surface area contributed by atoms with Crippen molar-refractivity contribution in [3.05, 3.63) is 41.9 Å². The quantitative estimate of drug-likeness (QED) is 0.403. The second-order valence-corrected chi connectivity index (χ2v) is 7.96. The Balaban J connectivity index is 1.72. The van der Waals surface area contributed by atoms with E-state index in [9.17, 15) is 19.4 Å². The molecule has 9 nitrogen and oxygen atoms in total. The molecule has 0 aliphatic carbocycles. The summed E-state index contributed by atoms with van der Waals surface area (Å²) in [6, 6.07) is 3.36. The molecule has 1 aromatic heterocycles. The molecular formula is C17H20FIN4O5. The Kier molecular flexibility index (Phi) is 6.60. The molecule has 4 atom stereocenters. The Bertz CT molecular complexity index is 773. The highest BCUT2D eigenvalue weighted by Crippen LogP contribution is 2.42. The number of carbonyl (C=O) groups is 1. The summed E-state index contributed by atoms with van der Waals surface area (Å²) in [4.78, 5) is 21.9. The maximum absolute atomic E-state index is 14.9. The number of aliphatic hydroxyl groups excluding tert-OH is 2. The van der Waals surface area contributed by atoms with Crippen LogP contribution in [0.4, 0.5) is 4.39 Å². The van der Waals surface area contributed by atoms with Crippen molar-refractivity contribution in [3.8, 4) is 0 Å². The number of nitrogens with zero attached hydrogens (tertiary/aromatic N) is 3. The van der Waals surface area contributed by atoms with E-state index >= 15 is 0 Å². The number of nitrogens with one attached hydrogen (secondary N) is 1. The Morgan fingerprint density at radius 2 is 2.32 bits per heavy atom. The fourth-order valence-electron chi connectivity index (χ4n) is 2.71. The van der Waals surface area contributed by atoms with Crippen LogP contribution in [0.1, 0.15) is 16.1 Å². The number of amidine groups is 1. The molecule has 0 bridgehead atoms. The molecule has 0 radical (unpaired) electrons. The summed E-state index contributed by atoms with van der Waals surface area (Å²) < 4.78 is 23.6. The monoisotopic (exact) mass is 506 g/mol. The first-order valence-electron chi connectivity index (χ1n) is 8.45. The zero-order valence-corrected chi connectivity index (χ0v) is 17.1. The normalized spacial score (nSPS) is 30.5. The summed E-state index contributed by atoms with van der Waals surface area (Å²) in [5, 5.41) is 21.9. The van der Waals surface area contributed by atoms with Crippen molar-refractivity contribution in [1.29, 1.82) is 0 Å². The fourth-order valence-corrected chi connectivity index (χ4v) is 3.61. The lowest BCUT2D eigenvalue weighted by molar-refractivity contribution is -0.104. The molecule has 3 N–H and O–H groups in total. The van der Waals surface area contributed by atoms with E-state index in [-0.39, 0.29) is 19.3 Å². The molecule has 28 heavy (non-hydrogen) atoms. The second kappa shape index (κ2) is 8.78. The lowest BCUT2D eigenvalue weighted by Gasteiger charge is -2.32. The van der Waals surface area contributed by atoms with Crippen molar-refractivity contribution in [2.75, 3.05) is 20.1 Å². The molecule has 0 saturated carbocycles. The molecule has 1 fully saturated rings. The van der Waals surface area contributed by atoms with Gasteiger partial charge in [-0.2, -0.15) is 0 Å². The first-order valence-corrected chi connectivity index (χ1v) is 9.53. The highest BCUT2D eigenvalue weighted by Gasteiger charge is 2.57. The maximum atomic E-state index is 14.9. The largest absolute Gasteiger partial charge is 0.394 e. The molecule has 3 rings (SSSR count). The average molecular weight is 506 g/mol. The van der Waals surface area contributed by atoms with Gasteiger partial charge in [0.05, 0.1) is 12.2 Å². The SMILES string of the molecule is Cc1ccc(C(=O)NC2=NCOCN(C3O[C@H](CO)[C@H](O)C3(F)I)C=C2)cn1. The predicted molar refractivity (Wildman–Crippen MR) is 105 cm³/mol. The van der Waals surface area contributed by atoms with E-state index in [1.54, 1.807) is 12.1 Å². The van der Waals surface area contributed by atoms with Crippen molar-refractivity contribution in [1.82, 2.24) is 15.2 Å². The van der Waals surface area contributed by atoms with Gasteiger partial charge in [0, 0.05) is 18.1 Å². The van der Waals surface area contributed by atoms with Crippen LogP contribution in [0.2, 0.25) is 0 Å². The number of amides is 1. The van der Waals surface area contributed by atoms with E-state index in [1.165, 1.54) is 46.0 Å². The van der Waals surface area contributed by atoms with Crippen LogP contribution in [-0.4, -0.2) is 74.0 Å². The van der Waals surface area contributed by atoms with Gasteiger partial charge in [-0.05, 0) is 47.7 Å². The van der Waals surface area contributed by atoms with E-state index < -0.39 is 34.6 Å². The van der Waals surface area contributed by atoms with E-state index in [1.807, 2.05) is 6.92 Å². The third-order valence-electron chi connectivity index (χ3n) is 4.27. The summed E-state index contributed by atoms with van der Waals surface area (Å²) in [7, 11) is 0. The van der Waals surface area contributed by atoms with Gasteiger partial charge in [0.15, 0.2) is 6.23 Å². The third-order valence-corrected chi connectivity index (χ3v) is 5.44. The van der Waals surface area contributed by atoms with Crippen LogP contribution in [-0.2, 0) is 9.47 Å². The van der Waals surface area contributed by atoms with Gasteiger partial charge in [-0.1, -0.05) is 0 Å². The van der Waals surface area contributed by atoms with E-state index in [0.717, 1.165) is 5.69 Å². The van der Waals surface area contributed by atoms with Gasteiger partial charge in [0.2, 0.25) is 3.68 Å². The Morgan fingerprint density at radius 3 is 2.96 bits per heavy atom. The molecule has 1 aromatic rings. The van der Waals surface area contributed by atoms with Gasteiger partial charge < -0.3 is 29.9 Å². The van der Waals surface area contributed by atoms with Gasteiger partial charge in [0.25, 0.3) is 5.91 Å². The topological polar surface area (TPSA) is 117 Å². The molecule has 2 aliphatic rings. The molecule has 1 saturated heterocycles. The number of halogens is 2. The summed E-state index contributed by atoms with van der Waals surface area (Å²) in [5.74, 6) is -0.185. The van der Waals surface area contributed by atoms with E-state index in [2.05, 4.69) is 15.3 Å². The van der Waals surface area contributed by atoms with E-state index in [0.29, 0.717) is 5.56 Å². The number of alkyl halides is 2. The zero-order chi connectivity index (χ0) is 20.3. The van der Waals surface area contributed by atoms with Crippen molar-refractivity contribution in [2.45, 2.75) is 29.0 Å². The molecule has 11 heteroatoms. The smallest absolute Gasteiger partial charge is 0.258 e. The molecule has 1 amide bonds. The number of hydrogen-bond acceptors (Lipinski definition) is 8. The van der Waals surface area contributed by atoms with Gasteiger partial charge in [-0.25, -0.2) is 9.38 Å². The van der Waals surface area contributed by atoms with Crippen molar-refractivity contribution in [2.24, 2.45) is 4.99 Å². The van der Waals surface area contributed by atoms with Gasteiger partial charge >= 0.3 is 0 Å². The Hall–Kier alpha value is -1.67. The lowest BCUT2D eigenvalue weighted by Crippen LogP contribution is -2.47. The minimum Gasteiger partial charge on any atom is -0.394 e. The van der Waals surface area contributed by atoms with Crippen molar-refractivity contribution >= 4 is 34.3 Å². The molecule has 2 aliphatic heterocycles. The van der Waals surface area contributed by atoms with Crippen LogP contribution in [0.3, 0.4) is 0 Å². The first-order chi connectivity index (χ1) is 13.3. The summed E-state index contributed by atoms with van der Waals surface area (Å²) >= 11 is 1.46. The number of aliphatic hydroxyl groups is 2. The first kappa shape index (κ1) is 21.0. The number of rotatable bonds is 3. The molecule has 152 valence electrons. The molecule has 0 aromatic carbocycles. The fraction of sp³-hybridized carbons (Fsp3) is 0.471. The predicted octanol–water partition coefficient (Wildman–Crippen LogP) is 0.458. The average Bonchev–Trinajstić information content (AvgIpc) is 2.88. The minimum absolute atomic E-state index is 0.0483.